The Labute approximate surface area is 178 Å². The van der Waals surface area contributed by atoms with Gasteiger partial charge in [0, 0.05) is 45.3 Å². The zero-order valence-corrected chi connectivity index (χ0v) is 17.8. The fourth-order valence-corrected chi connectivity index (χ4v) is 4.08. The van der Waals surface area contributed by atoms with Gasteiger partial charge in [-0.05, 0) is 31.0 Å². The van der Waals surface area contributed by atoms with Crippen LogP contribution in [-0.2, 0) is 17.7 Å². The smallest absolute Gasteiger partial charge is 0.191 e. The fraction of sp³-hybridized carbons (Fsp3) is 0.636. The number of nitrogens with zero attached hydrogens (tertiary/aromatic N) is 4. The number of morpholine rings is 1. The summed E-state index contributed by atoms with van der Waals surface area (Å²) in [6.07, 6.45) is 9.76. The van der Waals surface area contributed by atoms with Gasteiger partial charge in [0.25, 0.3) is 0 Å². The van der Waals surface area contributed by atoms with E-state index in [1.807, 2.05) is 12.1 Å². The van der Waals surface area contributed by atoms with Gasteiger partial charge in [-0.3, -0.25) is 9.58 Å². The number of hydrogen-bond donors (Lipinski definition) is 2. The second-order valence-electron chi connectivity index (χ2n) is 8.03. The number of guanidine groups is 1. The molecule has 2 fully saturated rings. The quantitative estimate of drug-likeness (QED) is 0.484. The van der Waals surface area contributed by atoms with Crippen LogP contribution in [0.3, 0.4) is 0 Å². The number of hydrogen-bond acceptors (Lipinski definition) is 5. The molecule has 1 aliphatic carbocycles. The first-order chi connectivity index (χ1) is 14.9. The van der Waals surface area contributed by atoms with Gasteiger partial charge in [0.1, 0.15) is 5.76 Å². The van der Waals surface area contributed by atoms with Crippen molar-refractivity contribution in [3.05, 3.63) is 42.1 Å². The highest BCUT2D eigenvalue weighted by atomic mass is 16.5. The molecule has 0 spiro atoms. The van der Waals surface area contributed by atoms with Crippen molar-refractivity contribution in [2.45, 2.75) is 44.7 Å². The van der Waals surface area contributed by atoms with Crippen molar-refractivity contribution in [3.63, 3.8) is 0 Å². The predicted octanol–water partition coefficient (Wildman–Crippen LogP) is 2.20. The van der Waals surface area contributed by atoms with Gasteiger partial charge in [0.2, 0.25) is 0 Å². The van der Waals surface area contributed by atoms with E-state index < -0.39 is 0 Å². The second kappa shape index (κ2) is 11.2. The normalized spacial score (nSPS) is 18.7. The predicted molar refractivity (Wildman–Crippen MR) is 117 cm³/mol. The average Bonchev–Trinajstić information content (AvgIpc) is 3.55. The molecule has 3 heterocycles. The highest BCUT2D eigenvalue weighted by Crippen LogP contribution is 2.28. The Bertz CT molecular complexity index is 760. The van der Waals surface area contributed by atoms with Crippen molar-refractivity contribution in [2.24, 2.45) is 4.99 Å². The van der Waals surface area contributed by atoms with Gasteiger partial charge in [0.05, 0.1) is 37.8 Å². The second-order valence-corrected chi connectivity index (χ2v) is 8.03. The van der Waals surface area contributed by atoms with Gasteiger partial charge in [-0.1, -0.05) is 12.8 Å². The van der Waals surface area contributed by atoms with E-state index in [-0.39, 0.29) is 0 Å². The third kappa shape index (κ3) is 6.34. The van der Waals surface area contributed by atoms with Crippen molar-refractivity contribution in [1.29, 1.82) is 0 Å². The Balaban J connectivity index is 1.29. The van der Waals surface area contributed by atoms with Crippen LogP contribution in [-0.4, -0.2) is 66.6 Å². The SMILES string of the molecule is c1coc(CCNC(=NCc2ccn(C3CCCC3)n2)NCCN2CCOCC2)c1. The van der Waals surface area contributed by atoms with Crippen LogP contribution < -0.4 is 10.6 Å². The molecule has 4 rings (SSSR count). The van der Waals surface area contributed by atoms with E-state index >= 15 is 0 Å². The monoisotopic (exact) mass is 414 g/mol. The van der Waals surface area contributed by atoms with Gasteiger partial charge in [0.15, 0.2) is 5.96 Å². The average molecular weight is 415 g/mol. The minimum absolute atomic E-state index is 0.570. The van der Waals surface area contributed by atoms with Crippen molar-refractivity contribution in [3.8, 4) is 0 Å². The lowest BCUT2D eigenvalue weighted by Crippen LogP contribution is -2.44. The molecule has 164 valence electrons. The van der Waals surface area contributed by atoms with Gasteiger partial charge >= 0.3 is 0 Å². The summed E-state index contributed by atoms with van der Waals surface area (Å²) >= 11 is 0. The van der Waals surface area contributed by atoms with Crippen molar-refractivity contribution < 1.29 is 9.15 Å². The number of rotatable bonds is 9. The first-order valence-electron chi connectivity index (χ1n) is 11.3. The lowest BCUT2D eigenvalue weighted by Gasteiger charge is -2.26. The van der Waals surface area contributed by atoms with Crippen LogP contribution in [0.2, 0.25) is 0 Å². The summed E-state index contributed by atoms with van der Waals surface area (Å²) in [5, 5.41) is 11.7. The van der Waals surface area contributed by atoms with E-state index in [2.05, 4.69) is 32.5 Å². The molecule has 0 amide bonds. The highest BCUT2D eigenvalue weighted by Gasteiger charge is 2.17. The van der Waals surface area contributed by atoms with Gasteiger partial charge in [-0.15, -0.1) is 0 Å². The molecule has 0 unspecified atom stereocenters. The lowest BCUT2D eigenvalue weighted by atomic mass is 10.3. The summed E-state index contributed by atoms with van der Waals surface area (Å²) in [5.41, 5.74) is 1.02. The van der Waals surface area contributed by atoms with Crippen LogP contribution in [0.15, 0.2) is 40.1 Å². The van der Waals surface area contributed by atoms with Gasteiger partial charge in [-0.2, -0.15) is 5.10 Å². The Hall–Kier alpha value is -2.32. The highest BCUT2D eigenvalue weighted by molar-refractivity contribution is 5.79. The summed E-state index contributed by atoms with van der Waals surface area (Å²) in [4.78, 5) is 7.20. The van der Waals surface area contributed by atoms with Crippen LogP contribution in [0.25, 0.3) is 0 Å². The van der Waals surface area contributed by atoms with E-state index in [0.717, 1.165) is 69.8 Å². The van der Waals surface area contributed by atoms with Crippen LogP contribution in [0.4, 0.5) is 0 Å². The molecule has 2 aromatic rings. The summed E-state index contributed by atoms with van der Waals surface area (Å²) < 4.78 is 13.0. The maximum atomic E-state index is 5.43. The van der Waals surface area contributed by atoms with Crippen LogP contribution in [0, 0.1) is 0 Å². The third-order valence-corrected chi connectivity index (χ3v) is 5.83. The summed E-state index contributed by atoms with van der Waals surface area (Å²) in [6, 6.07) is 6.59. The summed E-state index contributed by atoms with van der Waals surface area (Å²) in [7, 11) is 0. The summed E-state index contributed by atoms with van der Waals surface area (Å²) in [6.45, 7) is 6.83. The van der Waals surface area contributed by atoms with Crippen molar-refractivity contribution >= 4 is 5.96 Å². The zero-order valence-electron chi connectivity index (χ0n) is 17.8. The molecular weight excluding hydrogens is 380 g/mol. The Morgan fingerprint density at radius 1 is 1.13 bits per heavy atom. The maximum absolute atomic E-state index is 5.43. The fourth-order valence-electron chi connectivity index (χ4n) is 4.08. The topological polar surface area (TPSA) is 79.8 Å². The first kappa shape index (κ1) is 20.9. The molecule has 0 radical (unpaired) electrons. The molecule has 8 nitrogen and oxygen atoms in total. The third-order valence-electron chi connectivity index (χ3n) is 5.83. The van der Waals surface area contributed by atoms with Crippen LogP contribution in [0.1, 0.15) is 43.2 Å². The van der Waals surface area contributed by atoms with Crippen molar-refractivity contribution in [2.75, 3.05) is 45.9 Å². The van der Waals surface area contributed by atoms with Gasteiger partial charge in [-0.25, -0.2) is 4.99 Å². The number of furan rings is 1. The van der Waals surface area contributed by atoms with Gasteiger partial charge < -0.3 is 19.8 Å². The number of nitrogens with one attached hydrogen (secondary N) is 2. The molecule has 2 aliphatic rings. The molecule has 2 aromatic heterocycles. The molecule has 1 saturated heterocycles. The molecule has 1 saturated carbocycles. The Morgan fingerprint density at radius 3 is 2.77 bits per heavy atom. The minimum atomic E-state index is 0.570. The molecule has 2 N–H and O–H groups in total. The van der Waals surface area contributed by atoms with E-state index in [9.17, 15) is 0 Å². The number of ether oxygens (including phenoxy) is 1. The number of aliphatic imine (C=N–C) groups is 1. The standard InChI is InChI=1S/C22H34N6O2/c1-2-5-20(4-1)28-11-8-19(26-28)18-25-22(23-9-7-21-6-3-15-30-21)24-10-12-27-13-16-29-17-14-27/h3,6,8,11,15,20H,1-2,4-5,7,9-10,12-14,16-18H2,(H2,23,24,25). The van der Waals surface area contributed by atoms with Crippen molar-refractivity contribution in [1.82, 2.24) is 25.3 Å². The van der Waals surface area contributed by atoms with E-state index in [0.29, 0.717) is 12.6 Å². The Morgan fingerprint density at radius 2 is 1.97 bits per heavy atom. The summed E-state index contributed by atoms with van der Waals surface area (Å²) in [5.74, 6) is 1.80. The molecule has 8 heteroatoms. The van der Waals surface area contributed by atoms with E-state index in [1.54, 1.807) is 6.26 Å². The zero-order chi connectivity index (χ0) is 20.4. The minimum Gasteiger partial charge on any atom is -0.469 e. The molecular formula is C22H34N6O2. The lowest BCUT2D eigenvalue weighted by molar-refractivity contribution is 0.0389. The molecule has 30 heavy (non-hydrogen) atoms. The largest absolute Gasteiger partial charge is 0.469 e. The molecule has 0 aromatic carbocycles. The van der Waals surface area contributed by atoms with Crippen LogP contribution in [0.5, 0.6) is 0 Å². The molecule has 1 aliphatic heterocycles. The van der Waals surface area contributed by atoms with E-state index in [4.69, 9.17) is 19.2 Å². The first-order valence-corrected chi connectivity index (χ1v) is 11.3. The van der Waals surface area contributed by atoms with E-state index in [1.165, 1.54) is 25.7 Å². The molecule has 0 atom stereocenters. The Kier molecular flexibility index (Phi) is 7.80. The number of aromatic nitrogens is 2. The van der Waals surface area contributed by atoms with Crippen LogP contribution >= 0.6 is 0 Å². The molecule has 0 bridgehead atoms. The maximum Gasteiger partial charge on any atom is 0.191 e.